The van der Waals surface area contributed by atoms with Crippen molar-refractivity contribution in [3.63, 3.8) is 0 Å². The Balaban J connectivity index is 1.75. The number of tetrazole rings is 1. The molecule has 0 saturated heterocycles. The van der Waals surface area contributed by atoms with Gasteiger partial charge in [0, 0.05) is 6.54 Å². The zero-order valence-electron chi connectivity index (χ0n) is 14.6. The van der Waals surface area contributed by atoms with E-state index >= 15 is 0 Å². The Bertz CT molecular complexity index is 785. The molecule has 2 aromatic carbocycles. The Morgan fingerprint density at radius 1 is 1.08 bits per heavy atom. The third kappa shape index (κ3) is 3.95. The molecule has 0 bridgehead atoms. The van der Waals surface area contributed by atoms with Gasteiger partial charge in [0.05, 0.1) is 18.8 Å². The lowest BCUT2D eigenvalue weighted by Gasteiger charge is -2.25. The lowest BCUT2D eigenvalue weighted by molar-refractivity contribution is 0.311. The van der Waals surface area contributed by atoms with Crippen molar-refractivity contribution in [2.45, 2.75) is 6.04 Å². The standard InChI is InChI=1S/C18H22N6O/c1-23(2)17(14-9-11-16(25-3)12-10-14)13-19-18-20-21-22-24(18)15-7-5-4-6-8-15/h4-12,17H,13H2,1-3H3,(H,19,20,22)/t17-/m1/s1. The number of likely N-dealkylation sites (N-methyl/N-ethyl adjacent to an activating group) is 1. The number of benzene rings is 2. The van der Waals surface area contributed by atoms with Crippen molar-refractivity contribution < 1.29 is 4.74 Å². The summed E-state index contributed by atoms with van der Waals surface area (Å²) in [5.41, 5.74) is 2.11. The molecule has 0 saturated carbocycles. The van der Waals surface area contributed by atoms with Crippen LogP contribution in [0.4, 0.5) is 5.95 Å². The summed E-state index contributed by atoms with van der Waals surface area (Å²) >= 11 is 0. The number of hydrogen-bond donors (Lipinski definition) is 1. The van der Waals surface area contributed by atoms with Crippen LogP contribution in [0.5, 0.6) is 5.75 Å². The molecule has 0 unspecified atom stereocenters. The maximum Gasteiger partial charge on any atom is 0.247 e. The molecule has 0 aliphatic rings. The van der Waals surface area contributed by atoms with E-state index in [1.54, 1.807) is 11.8 Å². The van der Waals surface area contributed by atoms with Crippen molar-refractivity contribution in [3.05, 3.63) is 60.2 Å². The highest BCUT2D eigenvalue weighted by atomic mass is 16.5. The number of ether oxygens (including phenoxy) is 1. The van der Waals surface area contributed by atoms with Crippen molar-refractivity contribution in [3.8, 4) is 11.4 Å². The predicted octanol–water partition coefficient (Wildman–Crippen LogP) is 2.39. The molecular weight excluding hydrogens is 316 g/mol. The molecule has 7 nitrogen and oxygen atoms in total. The minimum atomic E-state index is 0.173. The van der Waals surface area contributed by atoms with E-state index in [2.05, 4.69) is 52.0 Å². The van der Waals surface area contributed by atoms with Gasteiger partial charge in [-0.1, -0.05) is 35.4 Å². The largest absolute Gasteiger partial charge is 0.497 e. The highest BCUT2D eigenvalue weighted by Crippen LogP contribution is 2.22. The molecule has 0 amide bonds. The maximum atomic E-state index is 5.23. The summed E-state index contributed by atoms with van der Waals surface area (Å²) in [7, 11) is 5.77. The number of para-hydroxylation sites is 1. The van der Waals surface area contributed by atoms with Gasteiger partial charge in [-0.05, 0) is 54.4 Å². The fraction of sp³-hybridized carbons (Fsp3) is 0.278. The van der Waals surface area contributed by atoms with Crippen molar-refractivity contribution in [1.29, 1.82) is 0 Å². The minimum Gasteiger partial charge on any atom is -0.497 e. The first-order valence-electron chi connectivity index (χ1n) is 8.07. The van der Waals surface area contributed by atoms with Crippen LogP contribution in [0.25, 0.3) is 5.69 Å². The number of rotatable bonds is 7. The van der Waals surface area contributed by atoms with Gasteiger partial charge in [0.2, 0.25) is 5.95 Å². The van der Waals surface area contributed by atoms with Crippen molar-refractivity contribution >= 4 is 5.95 Å². The fourth-order valence-corrected chi connectivity index (χ4v) is 2.65. The Morgan fingerprint density at radius 3 is 2.44 bits per heavy atom. The van der Waals surface area contributed by atoms with Gasteiger partial charge in [-0.2, -0.15) is 4.68 Å². The molecule has 1 aromatic heterocycles. The molecular formula is C18H22N6O. The summed E-state index contributed by atoms with van der Waals surface area (Å²) < 4.78 is 6.93. The van der Waals surface area contributed by atoms with Crippen molar-refractivity contribution in [2.24, 2.45) is 0 Å². The van der Waals surface area contributed by atoms with Gasteiger partial charge in [-0.15, -0.1) is 0 Å². The number of nitrogens with zero attached hydrogens (tertiary/aromatic N) is 5. The normalized spacial score (nSPS) is 12.2. The second-order valence-corrected chi connectivity index (χ2v) is 5.88. The van der Waals surface area contributed by atoms with Crippen LogP contribution in [-0.2, 0) is 0 Å². The number of methoxy groups -OCH3 is 1. The first kappa shape index (κ1) is 16.9. The molecule has 0 spiro atoms. The average Bonchev–Trinajstić information content (AvgIpc) is 3.11. The summed E-state index contributed by atoms with van der Waals surface area (Å²) in [4.78, 5) is 2.16. The number of hydrogen-bond acceptors (Lipinski definition) is 6. The van der Waals surface area contributed by atoms with Gasteiger partial charge in [0.1, 0.15) is 5.75 Å². The highest BCUT2D eigenvalue weighted by molar-refractivity contribution is 5.39. The summed E-state index contributed by atoms with van der Waals surface area (Å²) in [5, 5.41) is 15.3. The van der Waals surface area contributed by atoms with Gasteiger partial charge in [0.25, 0.3) is 0 Å². The van der Waals surface area contributed by atoms with Gasteiger partial charge in [-0.25, -0.2) is 0 Å². The molecule has 0 aliphatic carbocycles. The molecule has 0 aliphatic heterocycles. The topological polar surface area (TPSA) is 68.1 Å². The molecule has 1 N–H and O–H groups in total. The third-order valence-corrected chi connectivity index (χ3v) is 4.05. The summed E-state index contributed by atoms with van der Waals surface area (Å²) in [6.45, 7) is 0.673. The Labute approximate surface area is 147 Å². The number of anilines is 1. The maximum absolute atomic E-state index is 5.23. The Hall–Kier alpha value is -2.93. The molecule has 0 radical (unpaired) electrons. The van der Waals surface area contributed by atoms with E-state index in [0.717, 1.165) is 11.4 Å². The van der Waals surface area contributed by atoms with E-state index in [0.29, 0.717) is 12.5 Å². The molecule has 130 valence electrons. The third-order valence-electron chi connectivity index (χ3n) is 4.05. The molecule has 25 heavy (non-hydrogen) atoms. The second kappa shape index (κ2) is 7.76. The average molecular weight is 338 g/mol. The highest BCUT2D eigenvalue weighted by Gasteiger charge is 2.16. The van der Waals surface area contributed by atoms with E-state index in [-0.39, 0.29) is 6.04 Å². The van der Waals surface area contributed by atoms with Crippen LogP contribution < -0.4 is 10.1 Å². The Morgan fingerprint density at radius 2 is 1.80 bits per heavy atom. The molecule has 3 aromatic rings. The summed E-state index contributed by atoms with van der Waals surface area (Å²) in [5.74, 6) is 1.47. The zero-order chi connectivity index (χ0) is 17.6. The zero-order valence-corrected chi connectivity index (χ0v) is 14.6. The van der Waals surface area contributed by atoms with Crippen LogP contribution in [0.15, 0.2) is 54.6 Å². The quantitative estimate of drug-likeness (QED) is 0.713. The van der Waals surface area contributed by atoms with Crippen LogP contribution in [0, 0.1) is 0 Å². The van der Waals surface area contributed by atoms with E-state index in [4.69, 9.17) is 4.74 Å². The van der Waals surface area contributed by atoms with E-state index in [9.17, 15) is 0 Å². The number of nitrogens with one attached hydrogen (secondary N) is 1. The van der Waals surface area contributed by atoms with Crippen LogP contribution in [-0.4, -0.2) is 52.9 Å². The second-order valence-electron chi connectivity index (χ2n) is 5.88. The minimum absolute atomic E-state index is 0.173. The van der Waals surface area contributed by atoms with Crippen LogP contribution in [0.3, 0.4) is 0 Å². The monoisotopic (exact) mass is 338 g/mol. The van der Waals surface area contributed by atoms with E-state index in [1.165, 1.54) is 5.56 Å². The first-order chi connectivity index (χ1) is 12.2. The summed E-state index contributed by atoms with van der Waals surface area (Å²) in [6, 6.07) is 18.1. The lowest BCUT2D eigenvalue weighted by Crippen LogP contribution is -2.27. The fourth-order valence-electron chi connectivity index (χ4n) is 2.65. The molecule has 1 heterocycles. The smallest absolute Gasteiger partial charge is 0.247 e. The summed E-state index contributed by atoms with van der Waals surface area (Å²) in [6.07, 6.45) is 0. The Kier molecular flexibility index (Phi) is 5.25. The molecule has 1 atom stereocenters. The SMILES string of the molecule is COc1ccc([C@@H](CNc2nnnn2-c2ccccc2)N(C)C)cc1. The molecule has 0 fully saturated rings. The van der Waals surface area contributed by atoms with Crippen LogP contribution >= 0.6 is 0 Å². The lowest BCUT2D eigenvalue weighted by atomic mass is 10.1. The molecule has 7 heteroatoms. The van der Waals surface area contributed by atoms with E-state index in [1.807, 2.05) is 42.5 Å². The number of aromatic nitrogens is 4. The predicted molar refractivity (Wildman–Crippen MR) is 97.1 cm³/mol. The van der Waals surface area contributed by atoms with Gasteiger partial charge < -0.3 is 15.0 Å². The van der Waals surface area contributed by atoms with Crippen LogP contribution in [0.2, 0.25) is 0 Å². The van der Waals surface area contributed by atoms with Gasteiger partial charge in [0.15, 0.2) is 0 Å². The van der Waals surface area contributed by atoms with Crippen molar-refractivity contribution in [2.75, 3.05) is 33.1 Å². The first-order valence-corrected chi connectivity index (χ1v) is 8.07. The van der Waals surface area contributed by atoms with Gasteiger partial charge in [-0.3, -0.25) is 0 Å². The van der Waals surface area contributed by atoms with Crippen molar-refractivity contribution in [1.82, 2.24) is 25.1 Å². The molecule has 3 rings (SSSR count). The van der Waals surface area contributed by atoms with Crippen LogP contribution in [0.1, 0.15) is 11.6 Å². The van der Waals surface area contributed by atoms with Gasteiger partial charge >= 0.3 is 0 Å². The van der Waals surface area contributed by atoms with E-state index < -0.39 is 0 Å².